The molecule has 8 nitrogen and oxygen atoms in total. The SMILES string of the molecule is CCSCC(C)NS(=O)(=O)c1ccc([N+](=O)[O-])c(NN)c1. The van der Waals surface area contributed by atoms with Gasteiger partial charge in [-0.1, -0.05) is 6.92 Å². The number of nitrogens with one attached hydrogen (secondary N) is 2. The van der Waals surface area contributed by atoms with Crippen molar-refractivity contribution in [2.24, 2.45) is 5.84 Å². The monoisotopic (exact) mass is 334 g/mol. The van der Waals surface area contributed by atoms with Crippen LogP contribution in [-0.4, -0.2) is 30.9 Å². The van der Waals surface area contributed by atoms with Crippen molar-refractivity contribution in [2.75, 3.05) is 16.9 Å². The maximum atomic E-state index is 12.2. The van der Waals surface area contributed by atoms with Crippen LogP contribution < -0.4 is 16.0 Å². The molecule has 0 amide bonds. The summed E-state index contributed by atoms with van der Waals surface area (Å²) in [5.41, 5.74) is 1.80. The Labute approximate surface area is 127 Å². The first-order chi connectivity index (χ1) is 9.81. The number of nitrogens with two attached hydrogens (primary N) is 1. The molecule has 0 spiro atoms. The standard InChI is InChI=1S/C11H18N4O4S2/c1-3-20-7-8(2)14-21(18,19)9-4-5-11(15(16)17)10(6-9)13-12/h4-6,8,13-14H,3,7,12H2,1-2H3. The number of nitrogen functional groups attached to an aromatic ring is 1. The number of anilines is 1. The van der Waals surface area contributed by atoms with E-state index < -0.39 is 14.9 Å². The Morgan fingerprint density at radius 2 is 2.14 bits per heavy atom. The lowest BCUT2D eigenvalue weighted by Gasteiger charge is -2.14. The molecule has 0 heterocycles. The third-order valence-corrected chi connectivity index (χ3v) is 5.29. The Balaban J connectivity index is 3.01. The zero-order valence-corrected chi connectivity index (χ0v) is 13.3. The molecule has 10 heteroatoms. The van der Waals surface area contributed by atoms with E-state index in [-0.39, 0.29) is 22.3 Å². The van der Waals surface area contributed by atoms with Crippen LogP contribution in [0.25, 0.3) is 0 Å². The fourth-order valence-electron chi connectivity index (χ4n) is 1.62. The van der Waals surface area contributed by atoms with Gasteiger partial charge in [-0.15, -0.1) is 0 Å². The molecule has 0 radical (unpaired) electrons. The summed E-state index contributed by atoms with van der Waals surface area (Å²) in [5, 5.41) is 10.8. The molecule has 1 aromatic rings. The number of rotatable bonds is 8. The third kappa shape index (κ3) is 4.84. The van der Waals surface area contributed by atoms with Gasteiger partial charge >= 0.3 is 0 Å². The van der Waals surface area contributed by atoms with Gasteiger partial charge < -0.3 is 5.43 Å². The van der Waals surface area contributed by atoms with E-state index in [1.807, 2.05) is 6.92 Å². The highest BCUT2D eigenvalue weighted by atomic mass is 32.2. The average Bonchev–Trinajstić information content (AvgIpc) is 2.43. The van der Waals surface area contributed by atoms with Crippen molar-refractivity contribution in [3.8, 4) is 0 Å². The van der Waals surface area contributed by atoms with Crippen molar-refractivity contribution in [1.82, 2.24) is 4.72 Å². The molecule has 1 aromatic carbocycles. The quantitative estimate of drug-likeness (QED) is 0.371. The summed E-state index contributed by atoms with van der Waals surface area (Å²) in [6.45, 7) is 3.75. The highest BCUT2D eigenvalue weighted by Gasteiger charge is 2.21. The van der Waals surface area contributed by atoms with E-state index in [4.69, 9.17) is 5.84 Å². The lowest BCUT2D eigenvalue weighted by Crippen LogP contribution is -2.34. The van der Waals surface area contributed by atoms with Gasteiger partial charge in [-0.25, -0.2) is 13.1 Å². The molecule has 0 aliphatic carbocycles. The Kier molecular flexibility index (Phi) is 6.40. The molecule has 4 N–H and O–H groups in total. The number of nitrogens with zero attached hydrogens (tertiary/aromatic N) is 1. The van der Waals surface area contributed by atoms with Crippen molar-refractivity contribution in [1.29, 1.82) is 0 Å². The van der Waals surface area contributed by atoms with Gasteiger partial charge in [0.05, 0.1) is 9.82 Å². The first kappa shape index (κ1) is 17.7. The van der Waals surface area contributed by atoms with Gasteiger partial charge in [0.15, 0.2) is 0 Å². The van der Waals surface area contributed by atoms with E-state index >= 15 is 0 Å². The Hall–Kier alpha value is -1.36. The molecule has 0 fully saturated rings. The van der Waals surface area contributed by atoms with Crippen molar-refractivity contribution >= 4 is 33.2 Å². The molecule has 0 saturated heterocycles. The minimum absolute atomic E-state index is 0.0570. The third-order valence-electron chi connectivity index (χ3n) is 2.56. The lowest BCUT2D eigenvalue weighted by molar-refractivity contribution is -0.384. The van der Waals surface area contributed by atoms with Crippen LogP contribution in [0.1, 0.15) is 13.8 Å². The van der Waals surface area contributed by atoms with Crippen LogP contribution in [0.5, 0.6) is 0 Å². The number of hydrogen-bond acceptors (Lipinski definition) is 7. The molecule has 1 atom stereocenters. The topological polar surface area (TPSA) is 127 Å². The first-order valence-electron chi connectivity index (χ1n) is 6.17. The number of thioether (sulfide) groups is 1. The number of benzene rings is 1. The fraction of sp³-hybridized carbons (Fsp3) is 0.455. The lowest BCUT2D eigenvalue weighted by atomic mass is 10.3. The second kappa shape index (κ2) is 7.59. The van der Waals surface area contributed by atoms with Crippen LogP contribution >= 0.6 is 11.8 Å². The van der Waals surface area contributed by atoms with Crippen molar-refractivity contribution in [3.05, 3.63) is 28.3 Å². The average molecular weight is 334 g/mol. The zero-order valence-electron chi connectivity index (χ0n) is 11.7. The van der Waals surface area contributed by atoms with Gasteiger partial charge in [-0.05, 0) is 24.8 Å². The molecule has 0 saturated carbocycles. The van der Waals surface area contributed by atoms with Crippen molar-refractivity contribution in [2.45, 2.75) is 24.8 Å². The molecule has 1 rings (SSSR count). The zero-order chi connectivity index (χ0) is 16.0. The highest BCUT2D eigenvalue weighted by molar-refractivity contribution is 7.99. The molecule has 0 aliphatic rings. The maximum Gasteiger partial charge on any atom is 0.293 e. The van der Waals surface area contributed by atoms with Crippen LogP contribution in [0, 0.1) is 10.1 Å². The minimum Gasteiger partial charge on any atom is -0.318 e. The summed E-state index contributed by atoms with van der Waals surface area (Å²) in [5.74, 6) is 6.73. The van der Waals surface area contributed by atoms with E-state index in [1.165, 1.54) is 6.07 Å². The number of hydrogen-bond donors (Lipinski definition) is 3. The Morgan fingerprint density at radius 1 is 1.48 bits per heavy atom. The summed E-state index contributed by atoms with van der Waals surface area (Å²) in [6, 6.07) is 3.18. The summed E-state index contributed by atoms with van der Waals surface area (Å²) >= 11 is 1.62. The van der Waals surface area contributed by atoms with Gasteiger partial charge in [0.25, 0.3) is 5.69 Å². The molecule has 118 valence electrons. The van der Waals surface area contributed by atoms with Crippen LogP contribution in [0.15, 0.2) is 23.1 Å². The Bertz CT molecular complexity index is 606. The van der Waals surface area contributed by atoms with Gasteiger partial charge in [-0.2, -0.15) is 11.8 Å². The van der Waals surface area contributed by atoms with Crippen molar-refractivity contribution < 1.29 is 13.3 Å². The second-order valence-corrected chi connectivity index (χ2v) is 7.30. The van der Waals surface area contributed by atoms with Crippen LogP contribution in [0.2, 0.25) is 0 Å². The number of sulfonamides is 1. The van der Waals surface area contributed by atoms with E-state index in [1.54, 1.807) is 18.7 Å². The van der Waals surface area contributed by atoms with Gasteiger partial charge in [0.1, 0.15) is 5.69 Å². The minimum atomic E-state index is -3.75. The predicted molar refractivity (Wildman–Crippen MR) is 83.7 cm³/mol. The molecular formula is C11H18N4O4S2. The Morgan fingerprint density at radius 3 is 2.67 bits per heavy atom. The first-order valence-corrected chi connectivity index (χ1v) is 8.80. The van der Waals surface area contributed by atoms with Crippen LogP contribution in [0.4, 0.5) is 11.4 Å². The summed E-state index contributed by atoms with van der Waals surface area (Å²) in [4.78, 5) is 10.1. The van der Waals surface area contributed by atoms with Gasteiger partial charge in [0.2, 0.25) is 10.0 Å². The summed E-state index contributed by atoms with van der Waals surface area (Å²) < 4.78 is 26.9. The molecular weight excluding hydrogens is 316 g/mol. The van der Waals surface area contributed by atoms with Crippen LogP contribution in [0.3, 0.4) is 0 Å². The van der Waals surface area contributed by atoms with Crippen molar-refractivity contribution in [3.63, 3.8) is 0 Å². The van der Waals surface area contributed by atoms with Crippen LogP contribution in [-0.2, 0) is 10.0 Å². The number of hydrazine groups is 1. The summed E-state index contributed by atoms with van der Waals surface area (Å²) in [7, 11) is -3.75. The molecule has 0 aliphatic heterocycles. The highest BCUT2D eigenvalue weighted by Crippen LogP contribution is 2.26. The smallest absolute Gasteiger partial charge is 0.293 e. The predicted octanol–water partition coefficient (Wildman–Crippen LogP) is 1.30. The molecule has 0 bridgehead atoms. The molecule has 1 unspecified atom stereocenters. The van der Waals surface area contributed by atoms with Gasteiger partial charge in [-0.3, -0.25) is 16.0 Å². The number of nitro groups is 1. The fourth-order valence-corrected chi connectivity index (χ4v) is 3.67. The maximum absolute atomic E-state index is 12.2. The van der Waals surface area contributed by atoms with E-state index in [9.17, 15) is 18.5 Å². The number of nitro benzene ring substituents is 1. The molecule has 21 heavy (non-hydrogen) atoms. The van der Waals surface area contributed by atoms with E-state index in [0.29, 0.717) is 5.75 Å². The van der Waals surface area contributed by atoms with E-state index in [0.717, 1.165) is 17.9 Å². The molecule has 0 aromatic heterocycles. The summed E-state index contributed by atoms with van der Waals surface area (Å²) in [6.07, 6.45) is 0. The normalized spacial score (nSPS) is 12.9. The van der Waals surface area contributed by atoms with Gasteiger partial charge in [0, 0.05) is 17.9 Å². The second-order valence-electron chi connectivity index (χ2n) is 4.26. The van der Waals surface area contributed by atoms with E-state index in [2.05, 4.69) is 10.1 Å². The largest absolute Gasteiger partial charge is 0.318 e.